The van der Waals surface area contributed by atoms with Gasteiger partial charge in [0, 0.05) is 37.4 Å². The number of halogens is 6. The molecule has 5 rings (SSSR count). The highest BCUT2D eigenvalue weighted by Gasteiger charge is 2.32. The summed E-state index contributed by atoms with van der Waals surface area (Å²) >= 11 is 1.35. The normalized spacial score (nSPS) is 17.7. The molecule has 0 saturated carbocycles. The number of piperidine rings is 1. The number of alkyl halides is 4. The van der Waals surface area contributed by atoms with Gasteiger partial charge >= 0.3 is 0 Å². The van der Waals surface area contributed by atoms with Gasteiger partial charge in [-0.15, -0.1) is 11.3 Å². The van der Waals surface area contributed by atoms with E-state index in [1.807, 2.05) is 0 Å². The maximum Gasteiger partial charge on any atom is 0.282 e. The van der Waals surface area contributed by atoms with Crippen LogP contribution in [0.4, 0.5) is 26.3 Å². The lowest BCUT2D eigenvalue weighted by Gasteiger charge is -2.31. The van der Waals surface area contributed by atoms with Crippen molar-refractivity contribution in [2.75, 3.05) is 13.1 Å². The third kappa shape index (κ3) is 7.01. The van der Waals surface area contributed by atoms with Crippen LogP contribution in [0.1, 0.15) is 77.4 Å². The summed E-state index contributed by atoms with van der Waals surface area (Å²) in [5, 5.41) is 9.93. The molecule has 1 aromatic carbocycles. The summed E-state index contributed by atoms with van der Waals surface area (Å²) in [6.07, 6.45) is -6.05. The fraction of sp³-hybridized carbons (Fsp3) is 0.440. The SMILES string of the molecule is O=C(Cn1nc(C(F)F)cc1C(F)F)N1CCC(c2nc(C3=NOC(c4c(F)cc(CN[SH](=O)=O)cc4F)C3)cs2)CC1. The first kappa shape index (κ1) is 30.9. The molecule has 1 saturated heterocycles. The number of hydrogen-bond acceptors (Lipinski definition) is 8. The first-order valence-electron chi connectivity index (χ1n) is 13.0. The molecule has 0 spiro atoms. The quantitative estimate of drug-likeness (QED) is 0.249. The molecule has 3 aromatic rings. The van der Waals surface area contributed by atoms with E-state index < -0.39 is 65.3 Å². The van der Waals surface area contributed by atoms with Gasteiger partial charge in [0.2, 0.25) is 16.8 Å². The zero-order valence-corrected chi connectivity index (χ0v) is 23.8. The van der Waals surface area contributed by atoms with Crippen LogP contribution in [-0.2, 0) is 33.6 Å². The Labute approximate surface area is 246 Å². The first-order valence-corrected chi connectivity index (χ1v) is 15.0. The zero-order chi connectivity index (χ0) is 30.8. The average Bonchev–Trinajstić information content (AvgIpc) is 3.72. The van der Waals surface area contributed by atoms with Crippen LogP contribution in [0.3, 0.4) is 0 Å². The van der Waals surface area contributed by atoms with Crippen LogP contribution >= 0.6 is 11.3 Å². The van der Waals surface area contributed by atoms with Crippen LogP contribution in [0, 0.1) is 11.6 Å². The fourth-order valence-corrected chi connectivity index (χ4v) is 6.27. The molecule has 18 heteroatoms. The van der Waals surface area contributed by atoms with Crippen LogP contribution in [0.2, 0.25) is 0 Å². The van der Waals surface area contributed by atoms with E-state index in [1.165, 1.54) is 16.2 Å². The number of likely N-dealkylation sites (tertiary alicyclic amines) is 1. The van der Waals surface area contributed by atoms with Crippen LogP contribution in [-0.4, -0.2) is 52.8 Å². The van der Waals surface area contributed by atoms with Crippen molar-refractivity contribution in [2.45, 2.75) is 57.2 Å². The van der Waals surface area contributed by atoms with Gasteiger partial charge in [-0.25, -0.2) is 44.5 Å². The molecule has 0 aliphatic carbocycles. The lowest BCUT2D eigenvalue weighted by Crippen LogP contribution is -2.40. The molecule has 0 radical (unpaired) electrons. The highest BCUT2D eigenvalue weighted by atomic mass is 32.2. The molecular weight excluding hydrogens is 626 g/mol. The predicted octanol–water partition coefficient (Wildman–Crippen LogP) is 4.38. The second kappa shape index (κ2) is 13.0. The maximum atomic E-state index is 14.7. The van der Waals surface area contributed by atoms with Gasteiger partial charge in [-0.05, 0) is 36.6 Å². The van der Waals surface area contributed by atoms with E-state index in [2.05, 4.69) is 20.0 Å². The van der Waals surface area contributed by atoms with Crippen molar-refractivity contribution in [3.05, 3.63) is 68.4 Å². The number of nitrogens with zero attached hydrogens (tertiary/aromatic N) is 5. The van der Waals surface area contributed by atoms with Crippen molar-refractivity contribution in [3.63, 3.8) is 0 Å². The van der Waals surface area contributed by atoms with E-state index in [-0.39, 0.29) is 30.0 Å². The minimum Gasteiger partial charge on any atom is -0.387 e. The second-order valence-electron chi connectivity index (χ2n) is 9.88. The second-order valence-corrected chi connectivity index (χ2v) is 11.6. The number of aromatic nitrogens is 3. The molecule has 0 bridgehead atoms. The summed E-state index contributed by atoms with van der Waals surface area (Å²) < 4.78 is 106. The van der Waals surface area contributed by atoms with Crippen molar-refractivity contribution in [1.29, 1.82) is 0 Å². The lowest BCUT2D eigenvalue weighted by atomic mass is 9.97. The van der Waals surface area contributed by atoms with Gasteiger partial charge in [0.05, 0.1) is 16.3 Å². The number of benzene rings is 1. The fourth-order valence-electron chi connectivity index (χ4n) is 4.96. The third-order valence-corrected chi connectivity index (χ3v) is 8.54. The maximum absolute atomic E-state index is 14.7. The molecule has 4 heterocycles. The Bertz CT molecular complexity index is 1570. The topological polar surface area (TPSA) is 119 Å². The Hall–Kier alpha value is -3.51. The van der Waals surface area contributed by atoms with Crippen LogP contribution in [0.5, 0.6) is 0 Å². The van der Waals surface area contributed by atoms with E-state index >= 15 is 0 Å². The van der Waals surface area contributed by atoms with Gasteiger partial charge < -0.3 is 9.74 Å². The third-order valence-electron chi connectivity index (χ3n) is 7.12. The summed E-state index contributed by atoms with van der Waals surface area (Å²) in [4.78, 5) is 24.1. The van der Waals surface area contributed by atoms with E-state index in [9.17, 15) is 39.6 Å². The highest BCUT2D eigenvalue weighted by molar-refractivity contribution is 7.70. The van der Waals surface area contributed by atoms with Crippen LogP contribution < -0.4 is 4.72 Å². The number of amides is 1. The molecule has 1 fully saturated rings. The first-order chi connectivity index (χ1) is 20.5. The van der Waals surface area contributed by atoms with E-state index in [0.717, 1.165) is 17.1 Å². The number of rotatable bonds is 10. The van der Waals surface area contributed by atoms with E-state index in [4.69, 9.17) is 4.84 Å². The van der Waals surface area contributed by atoms with Gasteiger partial charge in [0.25, 0.3) is 12.9 Å². The Morgan fingerprint density at radius 2 is 1.79 bits per heavy atom. The molecule has 1 amide bonds. The van der Waals surface area contributed by atoms with E-state index in [0.29, 0.717) is 48.1 Å². The van der Waals surface area contributed by atoms with Gasteiger partial charge in [0.1, 0.15) is 35.3 Å². The van der Waals surface area contributed by atoms with Crippen molar-refractivity contribution in [2.24, 2.45) is 5.16 Å². The highest BCUT2D eigenvalue weighted by Crippen LogP contribution is 2.36. The molecule has 1 unspecified atom stereocenters. The summed E-state index contributed by atoms with van der Waals surface area (Å²) in [5.74, 6) is -2.33. The van der Waals surface area contributed by atoms with Crippen molar-refractivity contribution in [3.8, 4) is 0 Å². The summed E-state index contributed by atoms with van der Waals surface area (Å²) in [7, 11) is -2.92. The predicted molar refractivity (Wildman–Crippen MR) is 141 cm³/mol. The lowest BCUT2D eigenvalue weighted by molar-refractivity contribution is -0.133. The summed E-state index contributed by atoms with van der Waals surface area (Å²) in [6.45, 7) is -0.248. The number of oxime groups is 1. The number of carbonyl (C=O) groups is 1. The smallest absolute Gasteiger partial charge is 0.282 e. The van der Waals surface area contributed by atoms with Gasteiger partial charge in [-0.2, -0.15) is 5.10 Å². The van der Waals surface area contributed by atoms with Crippen molar-refractivity contribution >= 4 is 33.8 Å². The molecule has 1 N–H and O–H groups in total. The number of thiol groups is 1. The van der Waals surface area contributed by atoms with Crippen LogP contribution in [0.25, 0.3) is 0 Å². The number of carbonyl (C=O) groups excluding carboxylic acids is 1. The number of nitrogens with one attached hydrogen (secondary N) is 1. The number of thiazole rings is 1. The Balaban J connectivity index is 1.17. The summed E-state index contributed by atoms with van der Waals surface area (Å²) in [6, 6.07) is 2.65. The van der Waals surface area contributed by atoms with Gasteiger partial charge in [0.15, 0.2) is 6.10 Å². The summed E-state index contributed by atoms with van der Waals surface area (Å²) in [5.41, 5.74) is -0.912. The van der Waals surface area contributed by atoms with E-state index in [1.54, 1.807) is 5.38 Å². The molecule has 2 aromatic heterocycles. The number of hydrogen-bond donors (Lipinski definition) is 2. The Morgan fingerprint density at radius 1 is 1.09 bits per heavy atom. The standard InChI is InChI=1S/C25H24F6N6O4S2/c26-14-5-12(9-32-43(39)40)6-15(27)22(14)20-8-16(35-41-20)18-11-42-25(33-18)13-1-3-36(4-2-13)21(38)10-37-19(24(30)31)7-17(34-37)23(28)29/h5-7,11,13,20,23-24,43H,1-4,8-10H2,(H,32,39,40). The van der Waals surface area contributed by atoms with Gasteiger partial charge in [-0.3, -0.25) is 9.48 Å². The Morgan fingerprint density at radius 3 is 2.42 bits per heavy atom. The van der Waals surface area contributed by atoms with Crippen LogP contribution in [0.15, 0.2) is 28.7 Å². The molecule has 2 aliphatic heterocycles. The molecule has 1 atom stereocenters. The van der Waals surface area contributed by atoms with Crippen molar-refractivity contribution < 1.29 is 44.4 Å². The van der Waals surface area contributed by atoms with Gasteiger partial charge in [-0.1, -0.05) is 5.16 Å². The largest absolute Gasteiger partial charge is 0.387 e. The Kier molecular flexibility index (Phi) is 9.36. The average molecular weight is 651 g/mol. The molecule has 43 heavy (non-hydrogen) atoms. The molecule has 2 aliphatic rings. The zero-order valence-electron chi connectivity index (χ0n) is 22.1. The monoisotopic (exact) mass is 650 g/mol. The molecule has 10 nitrogen and oxygen atoms in total. The minimum atomic E-state index is -3.06. The minimum absolute atomic E-state index is 0.0198. The molecule has 232 valence electrons. The van der Waals surface area contributed by atoms with Crippen molar-refractivity contribution in [1.82, 2.24) is 24.4 Å². The molecular formula is C25H24F6N6O4S2.